The number of fused-ring (bicyclic) bond motifs is 1. The largest absolute Gasteiger partial charge is 0.387 e. The Kier molecular flexibility index (Phi) is 5.60. The van der Waals surface area contributed by atoms with Gasteiger partial charge in [-0.25, -0.2) is 9.97 Å². The van der Waals surface area contributed by atoms with E-state index in [1.807, 2.05) is 45.9 Å². The molecule has 0 aromatic carbocycles. The normalized spacial score (nSPS) is 15.7. The fourth-order valence-corrected chi connectivity index (χ4v) is 4.24. The highest BCUT2D eigenvalue weighted by Crippen LogP contribution is 2.30. The van der Waals surface area contributed by atoms with Crippen molar-refractivity contribution in [2.24, 2.45) is 5.92 Å². The number of likely N-dealkylation sites (tertiary alicyclic amines) is 1. The number of aliphatic hydroxyl groups excluding tert-OH is 1. The predicted octanol–water partition coefficient (Wildman–Crippen LogP) is 2.86. The summed E-state index contributed by atoms with van der Waals surface area (Å²) in [5.41, 5.74) is 3.55. The predicted molar refractivity (Wildman–Crippen MR) is 119 cm³/mol. The number of hydrogen-bond donors (Lipinski definition) is 1. The lowest BCUT2D eigenvalue weighted by Crippen LogP contribution is -2.39. The van der Waals surface area contributed by atoms with Gasteiger partial charge in [-0.3, -0.25) is 14.8 Å². The maximum absolute atomic E-state index is 13.1. The van der Waals surface area contributed by atoms with Crippen molar-refractivity contribution in [2.45, 2.75) is 25.5 Å². The molecule has 1 amide bonds. The zero-order chi connectivity index (χ0) is 21.9. The van der Waals surface area contributed by atoms with Crippen LogP contribution in [0.3, 0.4) is 0 Å². The van der Waals surface area contributed by atoms with Crippen LogP contribution in [0.15, 0.2) is 67.4 Å². The number of carbonyl (C=O) groups is 1. The van der Waals surface area contributed by atoms with Gasteiger partial charge >= 0.3 is 0 Å². The van der Waals surface area contributed by atoms with Crippen LogP contribution in [0.1, 0.15) is 40.7 Å². The Morgan fingerprint density at radius 1 is 1.03 bits per heavy atom. The molecule has 1 fully saturated rings. The fourth-order valence-electron chi connectivity index (χ4n) is 4.24. The summed E-state index contributed by atoms with van der Waals surface area (Å²) >= 11 is 0. The van der Waals surface area contributed by atoms with Crippen LogP contribution in [-0.2, 0) is 6.54 Å². The van der Waals surface area contributed by atoms with E-state index in [2.05, 4.69) is 19.9 Å². The molecule has 1 unspecified atom stereocenters. The minimum atomic E-state index is -0.602. The van der Waals surface area contributed by atoms with Crippen molar-refractivity contribution in [2.75, 3.05) is 13.1 Å². The van der Waals surface area contributed by atoms with Crippen molar-refractivity contribution in [1.29, 1.82) is 0 Å². The van der Waals surface area contributed by atoms with Gasteiger partial charge in [-0.15, -0.1) is 0 Å². The molecule has 1 aliphatic heterocycles. The molecule has 8 heteroatoms. The van der Waals surface area contributed by atoms with Crippen LogP contribution < -0.4 is 0 Å². The Bertz CT molecular complexity index is 1200. The SMILES string of the molecule is O=C(c1cnc2c(c1)ncn2Cc1ccccn1)N1CCC(C(O)c2ccccn2)CC1. The van der Waals surface area contributed by atoms with E-state index in [0.717, 1.165) is 24.2 Å². The summed E-state index contributed by atoms with van der Waals surface area (Å²) in [6, 6.07) is 13.1. The number of piperidine rings is 1. The van der Waals surface area contributed by atoms with Gasteiger partial charge in [-0.05, 0) is 49.1 Å². The van der Waals surface area contributed by atoms with Crippen LogP contribution in [0.2, 0.25) is 0 Å². The maximum Gasteiger partial charge on any atom is 0.255 e. The average molecular weight is 428 g/mol. The van der Waals surface area contributed by atoms with Gasteiger partial charge in [0.1, 0.15) is 5.52 Å². The molecule has 0 saturated carbocycles. The summed E-state index contributed by atoms with van der Waals surface area (Å²) in [5.74, 6) is 0.0429. The van der Waals surface area contributed by atoms with Crippen LogP contribution in [0.5, 0.6) is 0 Å². The second-order valence-corrected chi connectivity index (χ2v) is 8.09. The van der Waals surface area contributed by atoms with Gasteiger partial charge < -0.3 is 14.6 Å². The first kappa shape index (κ1) is 20.3. The van der Waals surface area contributed by atoms with Crippen molar-refractivity contribution in [3.63, 3.8) is 0 Å². The quantitative estimate of drug-likeness (QED) is 0.525. The third kappa shape index (κ3) is 4.09. The van der Waals surface area contributed by atoms with E-state index < -0.39 is 6.10 Å². The summed E-state index contributed by atoms with van der Waals surface area (Å²) in [4.78, 5) is 32.4. The molecule has 162 valence electrons. The molecular weight excluding hydrogens is 404 g/mol. The summed E-state index contributed by atoms with van der Waals surface area (Å²) in [6.07, 6.45) is 7.67. The summed E-state index contributed by atoms with van der Waals surface area (Å²) in [5, 5.41) is 10.6. The number of pyridine rings is 3. The Morgan fingerprint density at radius 2 is 1.81 bits per heavy atom. The van der Waals surface area contributed by atoms with Crippen LogP contribution in [0, 0.1) is 5.92 Å². The van der Waals surface area contributed by atoms with Gasteiger partial charge in [0, 0.05) is 31.7 Å². The number of carbonyl (C=O) groups excluding carboxylic acids is 1. The topological polar surface area (TPSA) is 97.0 Å². The number of hydrogen-bond acceptors (Lipinski definition) is 6. The molecule has 1 N–H and O–H groups in total. The molecule has 8 nitrogen and oxygen atoms in total. The summed E-state index contributed by atoms with van der Waals surface area (Å²) in [6.45, 7) is 1.77. The zero-order valence-electron chi connectivity index (χ0n) is 17.6. The molecule has 0 bridgehead atoms. The minimum absolute atomic E-state index is 0.0514. The molecule has 1 aliphatic rings. The third-order valence-electron chi connectivity index (χ3n) is 6.03. The van der Waals surface area contributed by atoms with Gasteiger partial charge in [0.05, 0.1) is 35.9 Å². The number of imidazole rings is 1. The number of rotatable bonds is 5. The van der Waals surface area contributed by atoms with Crippen LogP contribution >= 0.6 is 0 Å². The highest BCUT2D eigenvalue weighted by atomic mass is 16.3. The van der Waals surface area contributed by atoms with Crippen molar-refractivity contribution in [3.05, 3.63) is 84.3 Å². The van der Waals surface area contributed by atoms with E-state index in [9.17, 15) is 9.90 Å². The van der Waals surface area contributed by atoms with Crippen molar-refractivity contribution in [3.8, 4) is 0 Å². The number of aliphatic hydroxyl groups is 1. The monoisotopic (exact) mass is 428 g/mol. The van der Waals surface area contributed by atoms with E-state index in [-0.39, 0.29) is 11.8 Å². The van der Waals surface area contributed by atoms with Gasteiger partial charge in [0.25, 0.3) is 5.91 Å². The van der Waals surface area contributed by atoms with E-state index in [1.165, 1.54) is 0 Å². The van der Waals surface area contributed by atoms with Gasteiger partial charge in [0.15, 0.2) is 5.65 Å². The van der Waals surface area contributed by atoms with E-state index >= 15 is 0 Å². The lowest BCUT2D eigenvalue weighted by atomic mass is 9.89. The lowest BCUT2D eigenvalue weighted by Gasteiger charge is -2.34. The molecular formula is C24H24N6O2. The smallest absolute Gasteiger partial charge is 0.255 e. The van der Waals surface area contributed by atoms with E-state index in [0.29, 0.717) is 36.4 Å². The first-order chi connectivity index (χ1) is 15.7. The van der Waals surface area contributed by atoms with Gasteiger partial charge in [-0.1, -0.05) is 12.1 Å². The Hall–Kier alpha value is -3.65. The zero-order valence-corrected chi connectivity index (χ0v) is 17.6. The lowest BCUT2D eigenvalue weighted by molar-refractivity contribution is 0.0447. The Balaban J connectivity index is 1.25. The molecule has 5 heterocycles. The molecule has 32 heavy (non-hydrogen) atoms. The fraction of sp³-hybridized carbons (Fsp3) is 0.292. The average Bonchev–Trinajstić information content (AvgIpc) is 3.26. The van der Waals surface area contributed by atoms with Crippen molar-refractivity contribution in [1.82, 2.24) is 29.4 Å². The second-order valence-electron chi connectivity index (χ2n) is 8.09. The number of amides is 1. The molecule has 5 rings (SSSR count). The van der Waals surface area contributed by atoms with E-state index in [4.69, 9.17) is 0 Å². The minimum Gasteiger partial charge on any atom is -0.387 e. The first-order valence-electron chi connectivity index (χ1n) is 10.8. The van der Waals surface area contributed by atoms with Crippen molar-refractivity contribution >= 4 is 17.1 Å². The van der Waals surface area contributed by atoms with E-state index in [1.54, 1.807) is 31.0 Å². The van der Waals surface area contributed by atoms with Crippen LogP contribution in [0.4, 0.5) is 0 Å². The molecule has 4 aromatic heterocycles. The maximum atomic E-state index is 13.1. The molecule has 1 saturated heterocycles. The Morgan fingerprint density at radius 3 is 2.53 bits per heavy atom. The number of nitrogens with zero attached hydrogens (tertiary/aromatic N) is 6. The van der Waals surface area contributed by atoms with Crippen molar-refractivity contribution < 1.29 is 9.90 Å². The second kappa shape index (κ2) is 8.84. The molecule has 0 aliphatic carbocycles. The summed E-state index contributed by atoms with van der Waals surface area (Å²) in [7, 11) is 0. The Labute approximate surface area is 185 Å². The molecule has 4 aromatic rings. The molecule has 0 radical (unpaired) electrons. The highest BCUT2D eigenvalue weighted by Gasteiger charge is 2.29. The highest BCUT2D eigenvalue weighted by molar-refractivity contribution is 5.96. The third-order valence-corrected chi connectivity index (χ3v) is 6.03. The van der Waals surface area contributed by atoms with Gasteiger partial charge in [-0.2, -0.15) is 0 Å². The molecule has 1 atom stereocenters. The van der Waals surface area contributed by atoms with Gasteiger partial charge in [0.2, 0.25) is 0 Å². The van der Waals surface area contributed by atoms with Crippen LogP contribution in [-0.4, -0.2) is 53.5 Å². The number of aromatic nitrogens is 5. The standard InChI is InChI=1S/C24H24N6O2/c31-22(20-6-2-4-10-26-20)17-7-11-29(12-8-17)24(32)18-13-21-23(27-14-18)30(16-28-21)15-19-5-1-3-9-25-19/h1-6,9-10,13-14,16-17,22,31H,7-8,11-12,15H2. The van der Waals surface area contributed by atoms with Crippen LogP contribution in [0.25, 0.3) is 11.2 Å². The summed E-state index contributed by atoms with van der Waals surface area (Å²) < 4.78 is 1.93. The molecule has 0 spiro atoms. The first-order valence-corrected chi connectivity index (χ1v) is 10.8.